The molecule has 4 heterocycles. The zero-order chi connectivity index (χ0) is 34.1. The number of carbonyl (C=O) groups excluding carboxylic acids is 1. The fraction of sp³-hybridized carbons (Fsp3) is 0.382. The monoisotopic (exact) mass is 660 g/mol. The van der Waals surface area contributed by atoms with Gasteiger partial charge in [-0.25, -0.2) is 4.68 Å². The number of hydrogen-bond donors (Lipinski definition) is 2. The van der Waals surface area contributed by atoms with Crippen LogP contribution in [0.3, 0.4) is 0 Å². The van der Waals surface area contributed by atoms with Crippen LogP contribution in [0.1, 0.15) is 49.1 Å². The Labute approximate surface area is 275 Å². The molecule has 2 fully saturated rings. The Morgan fingerprint density at radius 2 is 1.92 bits per heavy atom. The quantitative estimate of drug-likeness (QED) is 0.240. The fourth-order valence-electron chi connectivity index (χ4n) is 6.46. The summed E-state index contributed by atoms with van der Waals surface area (Å²) >= 11 is 0. The van der Waals surface area contributed by atoms with Crippen LogP contribution in [0.5, 0.6) is 5.88 Å². The standard InChI is InChI=1S/C34H35F3N8O3/c1-3-47-31(46)26-18-33(20-40-26)10-13-44(14-11-33)28-17-29(42-32(39)41-28)48-30(34(35,36)37)25-8-7-24(23-6-4-5-22(15-23)19-38)16-27(25)45-12-9-21(2)43-45/h4-9,12,15-17,26,30,40H,3,10-11,13-14,18,20H2,1-2H3,(H2,39,41,42)/t26-,30+/m0/s1. The summed E-state index contributed by atoms with van der Waals surface area (Å²) in [5.74, 6) is -0.436. The smallest absolute Gasteiger partial charge is 0.429 e. The summed E-state index contributed by atoms with van der Waals surface area (Å²) in [6.45, 7) is 5.64. The molecule has 1 spiro atoms. The Hall–Kier alpha value is -5.16. The largest absolute Gasteiger partial charge is 0.465 e. The highest BCUT2D eigenvalue weighted by molar-refractivity contribution is 5.76. The summed E-state index contributed by atoms with van der Waals surface area (Å²) in [6, 6.07) is 16.1. The average Bonchev–Trinajstić information content (AvgIpc) is 3.69. The van der Waals surface area contributed by atoms with Crippen LogP contribution in [-0.4, -0.2) is 64.2 Å². The molecule has 2 atom stereocenters. The minimum Gasteiger partial charge on any atom is -0.465 e. The summed E-state index contributed by atoms with van der Waals surface area (Å²) in [7, 11) is 0. The van der Waals surface area contributed by atoms with Crippen molar-refractivity contribution in [3.8, 4) is 28.8 Å². The maximum Gasteiger partial charge on any atom is 0.429 e. The third-order valence-corrected chi connectivity index (χ3v) is 8.93. The van der Waals surface area contributed by atoms with E-state index in [1.807, 2.05) is 4.90 Å². The minimum absolute atomic E-state index is 0.0868. The van der Waals surface area contributed by atoms with E-state index in [4.69, 9.17) is 15.2 Å². The lowest BCUT2D eigenvalue weighted by Crippen LogP contribution is -2.41. The van der Waals surface area contributed by atoms with Crippen molar-refractivity contribution in [1.29, 1.82) is 5.26 Å². The number of aromatic nitrogens is 4. The first kappa shape index (κ1) is 32.8. The lowest BCUT2D eigenvalue weighted by Gasteiger charge is -2.39. The Morgan fingerprint density at radius 3 is 2.60 bits per heavy atom. The van der Waals surface area contributed by atoms with E-state index in [1.165, 1.54) is 16.8 Å². The van der Waals surface area contributed by atoms with E-state index in [9.17, 15) is 23.2 Å². The minimum atomic E-state index is -4.85. The second kappa shape index (κ2) is 13.2. The molecule has 2 aromatic carbocycles. The molecular formula is C34H35F3N8O3. The molecule has 6 rings (SSSR count). The average molecular weight is 661 g/mol. The highest BCUT2D eigenvalue weighted by Gasteiger charge is 2.46. The van der Waals surface area contributed by atoms with Gasteiger partial charge in [0.25, 0.3) is 0 Å². The number of anilines is 2. The number of benzene rings is 2. The number of halogens is 3. The van der Waals surface area contributed by atoms with Gasteiger partial charge >= 0.3 is 12.1 Å². The van der Waals surface area contributed by atoms with E-state index in [0.29, 0.717) is 60.9 Å². The molecular weight excluding hydrogens is 625 g/mol. The van der Waals surface area contributed by atoms with E-state index in [-0.39, 0.29) is 40.5 Å². The summed E-state index contributed by atoms with van der Waals surface area (Å²) in [4.78, 5) is 22.5. The summed E-state index contributed by atoms with van der Waals surface area (Å²) in [5, 5.41) is 17.0. The predicted octanol–water partition coefficient (Wildman–Crippen LogP) is 5.29. The van der Waals surface area contributed by atoms with Crippen molar-refractivity contribution in [3.05, 3.63) is 77.6 Å². The van der Waals surface area contributed by atoms with Gasteiger partial charge in [0, 0.05) is 37.5 Å². The van der Waals surface area contributed by atoms with Gasteiger partial charge < -0.3 is 25.4 Å². The number of carbonyl (C=O) groups is 1. The van der Waals surface area contributed by atoms with Crippen molar-refractivity contribution in [2.75, 3.05) is 36.9 Å². The van der Waals surface area contributed by atoms with Gasteiger partial charge in [-0.15, -0.1) is 0 Å². The second-order valence-electron chi connectivity index (χ2n) is 12.2. The molecule has 14 heteroatoms. The lowest BCUT2D eigenvalue weighted by molar-refractivity contribution is -0.198. The van der Waals surface area contributed by atoms with Gasteiger partial charge in [-0.1, -0.05) is 24.3 Å². The number of hydrogen-bond acceptors (Lipinski definition) is 10. The third kappa shape index (κ3) is 6.91. The molecule has 2 aliphatic heterocycles. The maximum atomic E-state index is 14.9. The molecule has 2 saturated heterocycles. The number of ether oxygens (including phenoxy) is 2. The summed E-state index contributed by atoms with van der Waals surface area (Å²) < 4.78 is 56.8. The maximum absolute atomic E-state index is 14.9. The fourth-order valence-corrected chi connectivity index (χ4v) is 6.46. The van der Waals surface area contributed by atoms with Gasteiger partial charge in [0.15, 0.2) is 0 Å². The lowest BCUT2D eigenvalue weighted by atomic mass is 9.76. The van der Waals surface area contributed by atoms with Crippen molar-refractivity contribution in [2.45, 2.75) is 51.4 Å². The number of nitrogens with two attached hydrogens (primary N) is 1. The number of piperidine rings is 1. The molecule has 0 saturated carbocycles. The van der Waals surface area contributed by atoms with Crippen LogP contribution < -0.4 is 20.7 Å². The Kier molecular flexibility index (Phi) is 8.98. The SMILES string of the molecule is CCOC(=O)[C@@H]1CC2(CCN(c3cc(O[C@H](c4ccc(-c5cccc(C#N)c5)cc4-n4ccc(C)n4)C(F)(F)F)nc(N)n3)CC2)CN1. The van der Waals surface area contributed by atoms with E-state index in [0.717, 1.165) is 12.8 Å². The van der Waals surface area contributed by atoms with E-state index in [1.54, 1.807) is 62.5 Å². The molecule has 48 heavy (non-hydrogen) atoms. The van der Waals surface area contributed by atoms with Crippen molar-refractivity contribution in [3.63, 3.8) is 0 Å². The zero-order valence-corrected chi connectivity index (χ0v) is 26.5. The number of aryl methyl sites for hydroxylation is 1. The van der Waals surface area contributed by atoms with Gasteiger partial charge in [0.1, 0.15) is 11.9 Å². The van der Waals surface area contributed by atoms with Crippen LogP contribution in [0.15, 0.2) is 60.8 Å². The van der Waals surface area contributed by atoms with Gasteiger partial charge in [-0.05, 0) is 73.9 Å². The molecule has 11 nitrogen and oxygen atoms in total. The zero-order valence-electron chi connectivity index (χ0n) is 26.5. The molecule has 0 amide bonds. The highest BCUT2D eigenvalue weighted by Crippen LogP contribution is 2.43. The normalized spacial score (nSPS) is 18.0. The highest BCUT2D eigenvalue weighted by atomic mass is 19.4. The number of nitrogens with one attached hydrogen (secondary N) is 1. The van der Waals surface area contributed by atoms with Crippen LogP contribution in [0.2, 0.25) is 0 Å². The van der Waals surface area contributed by atoms with Crippen molar-refractivity contribution >= 4 is 17.7 Å². The summed E-state index contributed by atoms with van der Waals surface area (Å²) in [6.07, 6.45) is -3.53. The number of rotatable bonds is 8. The van der Waals surface area contributed by atoms with Crippen molar-refractivity contribution in [2.24, 2.45) is 5.41 Å². The van der Waals surface area contributed by atoms with Gasteiger partial charge in [0.05, 0.1) is 29.6 Å². The first-order valence-electron chi connectivity index (χ1n) is 15.7. The molecule has 2 aromatic heterocycles. The van der Waals surface area contributed by atoms with Gasteiger partial charge in [-0.2, -0.15) is 33.5 Å². The van der Waals surface area contributed by atoms with Crippen LogP contribution in [0, 0.1) is 23.7 Å². The Balaban J connectivity index is 1.28. The number of alkyl halides is 3. The van der Waals surface area contributed by atoms with E-state index >= 15 is 0 Å². The van der Waals surface area contributed by atoms with Crippen LogP contribution >= 0.6 is 0 Å². The first-order valence-corrected chi connectivity index (χ1v) is 15.7. The molecule has 0 unspecified atom stereocenters. The summed E-state index contributed by atoms with van der Waals surface area (Å²) in [5.41, 5.74) is 8.19. The van der Waals surface area contributed by atoms with Gasteiger partial charge in [-0.3, -0.25) is 4.79 Å². The third-order valence-electron chi connectivity index (χ3n) is 8.93. The van der Waals surface area contributed by atoms with Crippen molar-refractivity contribution in [1.82, 2.24) is 25.1 Å². The van der Waals surface area contributed by atoms with Crippen molar-refractivity contribution < 1.29 is 27.4 Å². The van der Waals surface area contributed by atoms with Crippen LogP contribution in [0.25, 0.3) is 16.8 Å². The molecule has 0 aliphatic carbocycles. The van der Waals surface area contributed by atoms with Crippen LogP contribution in [-0.2, 0) is 9.53 Å². The molecule has 2 aliphatic rings. The topological polar surface area (TPSA) is 144 Å². The molecule has 0 radical (unpaired) electrons. The Morgan fingerprint density at radius 1 is 1.15 bits per heavy atom. The molecule has 3 N–H and O–H groups in total. The number of nitriles is 1. The predicted molar refractivity (Wildman–Crippen MR) is 171 cm³/mol. The first-order chi connectivity index (χ1) is 23.0. The second-order valence-corrected chi connectivity index (χ2v) is 12.2. The van der Waals surface area contributed by atoms with E-state index < -0.39 is 12.3 Å². The Bertz CT molecular complexity index is 1850. The number of esters is 1. The molecule has 0 bridgehead atoms. The van der Waals surface area contributed by atoms with E-state index in [2.05, 4.69) is 26.5 Å². The molecule has 4 aromatic rings. The number of nitrogen functional groups attached to an aromatic ring is 1. The van der Waals surface area contributed by atoms with Crippen LogP contribution in [0.4, 0.5) is 24.9 Å². The molecule has 250 valence electrons. The number of nitrogens with zero attached hydrogens (tertiary/aromatic N) is 6. The van der Waals surface area contributed by atoms with Gasteiger partial charge in [0.2, 0.25) is 17.9 Å².